The van der Waals surface area contributed by atoms with Crippen LogP contribution in [-0.4, -0.2) is 26.3 Å². The second-order valence-corrected chi connectivity index (χ2v) is 4.52. The number of hydrogen-bond donors (Lipinski definition) is 0. The smallest absolute Gasteiger partial charge is 0.418 e. The van der Waals surface area contributed by atoms with E-state index in [1.807, 2.05) is 24.3 Å². The molecule has 0 bridgehead atoms. The number of methoxy groups -OCH3 is 2. The highest BCUT2D eigenvalue weighted by atomic mass is 16.5. The van der Waals surface area contributed by atoms with Crippen molar-refractivity contribution >= 4 is 23.4 Å². The molecular weight excluding hydrogens is 282 g/mol. The summed E-state index contributed by atoms with van der Waals surface area (Å²) in [5, 5.41) is 0. The van der Waals surface area contributed by atoms with Gasteiger partial charge in [-0.25, -0.2) is 9.69 Å². The van der Waals surface area contributed by atoms with Crippen molar-refractivity contribution in [2.24, 2.45) is 0 Å². The second-order valence-electron chi connectivity index (χ2n) is 4.52. The number of amides is 1. The van der Waals surface area contributed by atoms with Crippen LogP contribution in [0.2, 0.25) is 0 Å². The summed E-state index contributed by atoms with van der Waals surface area (Å²) in [4.78, 5) is 25.2. The highest BCUT2D eigenvalue weighted by Gasteiger charge is 2.22. The fourth-order valence-corrected chi connectivity index (χ4v) is 2.12. The molecule has 2 aromatic carbocycles. The number of benzene rings is 2. The lowest BCUT2D eigenvalue weighted by Gasteiger charge is -2.23. The topological polar surface area (TPSA) is 55.8 Å². The van der Waals surface area contributed by atoms with Crippen LogP contribution in [0.15, 0.2) is 54.6 Å². The zero-order chi connectivity index (χ0) is 15.9. The quantitative estimate of drug-likeness (QED) is 0.813. The maximum atomic E-state index is 12.2. The van der Waals surface area contributed by atoms with E-state index in [9.17, 15) is 9.59 Å². The normalized spacial score (nSPS) is 9.91. The van der Waals surface area contributed by atoms with Gasteiger partial charge in [0.25, 0.3) is 0 Å². The van der Waals surface area contributed by atoms with Crippen molar-refractivity contribution in [2.75, 3.05) is 19.1 Å². The molecule has 0 saturated carbocycles. The van der Waals surface area contributed by atoms with Crippen molar-refractivity contribution in [3.8, 4) is 0 Å². The molecule has 0 radical (unpaired) electrons. The summed E-state index contributed by atoms with van der Waals surface area (Å²) in [5.41, 5.74) is 1.93. The predicted octanol–water partition coefficient (Wildman–Crippen LogP) is 3.31. The molecule has 0 unspecified atom stereocenters. The third-order valence-corrected chi connectivity index (χ3v) is 3.17. The largest absolute Gasteiger partial charge is 0.469 e. The van der Waals surface area contributed by atoms with Crippen molar-refractivity contribution in [1.82, 2.24) is 0 Å². The SMILES string of the molecule is COC(=O)Cc1ccccc1N(C(=O)OC)c1ccccc1. The van der Waals surface area contributed by atoms with E-state index < -0.39 is 6.09 Å². The monoisotopic (exact) mass is 299 g/mol. The molecular formula is C17H17NO4. The van der Waals surface area contributed by atoms with Gasteiger partial charge in [-0.3, -0.25) is 4.79 Å². The van der Waals surface area contributed by atoms with Gasteiger partial charge in [-0.15, -0.1) is 0 Å². The molecule has 0 aliphatic heterocycles. The Bertz CT molecular complexity index is 655. The number of rotatable bonds is 4. The van der Waals surface area contributed by atoms with Gasteiger partial charge in [-0.05, 0) is 23.8 Å². The third kappa shape index (κ3) is 3.44. The van der Waals surface area contributed by atoms with Gasteiger partial charge in [0.15, 0.2) is 0 Å². The van der Waals surface area contributed by atoms with Crippen LogP contribution >= 0.6 is 0 Å². The van der Waals surface area contributed by atoms with Crippen LogP contribution in [0.5, 0.6) is 0 Å². The molecule has 114 valence electrons. The molecule has 5 nitrogen and oxygen atoms in total. The Morgan fingerprint density at radius 2 is 1.55 bits per heavy atom. The zero-order valence-corrected chi connectivity index (χ0v) is 12.5. The minimum absolute atomic E-state index is 0.0764. The highest BCUT2D eigenvalue weighted by molar-refractivity contribution is 5.97. The van der Waals surface area contributed by atoms with E-state index in [2.05, 4.69) is 0 Å². The molecule has 0 N–H and O–H groups in total. The maximum Gasteiger partial charge on any atom is 0.418 e. The molecule has 5 heteroatoms. The Labute approximate surface area is 129 Å². The van der Waals surface area contributed by atoms with Gasteiger partial charge < -0.3 is 9.47 Å². The number of nitrogens with zero attached hydrogens (tertiary/aromatic N) is 1. The third-order valence-electron chi connectivity index (χ3n) is 3.17. The van der Waals surface area contributed by atoms with Crippen LogP contribution in [-0.2, 0) is 20.7 Å². The van der Waals surface area contributed by atoms with E-state index in [0.717, 1.165) is 0 Å². The van der Waals surface area contributed by atoms with Crippen LogP contribution in [0, 0.1) is 0 Å². The molecule has 0 aromatic heterocycles. The minimum atomic E-state index is -0.525. The lowest BCUT2D eigenvalue weighted by Crippen LogP contribution is -2.27. The Balaban J connectivity index is 2.49. The van der Waals surface area contributed by atoms with Crippen molar-refractivity contribution < 1.29 is 19.1 Å². The van der Waals surface area contributed by atoms with Crippen LogP contribution < -0.4 is 4.90 Å². The van der Waals surface area contributed by atoms with Gasteiger partial charge in [-0.1, -0.05) is 36.4 Å². The van der Waals surface area contributed by atoms with E-state index in [4.69, 9.17) is 9.47 Å². The number of hydrogen-bond acceptors (Lipinski definition) is 4. The van der Waals surface area contributed by atoms with Crippen LogP contribution in [0.4, 0.5) is 16.2 Å². The van der Waals surface area contributed by atoms with E-state index >= 15 is 0 Å². The molecule has 0 spiro atoms. The first kappa shape index (κ1) is 15.6. The molecule has 2 aromatic rings. The van der Waals surface area contributed by atoms with E-state index in [1.54, 1.807) is 30.3 Å². The Morgan fingerprint density at radius 3 is 2.18 bits per heavy atom. The van der Waals surface area contributed by atoms with Crippen molar-refractivity contribution in [3.05, 3.63) is 60.2 Å². The Hall–Kier alpha value is -2.82. The number of carbonyl (C=O) groups excluding carboxylic acids is 2. The van der Waals surface area contributed by atoms with Gasteiger partial charge in [-0.2, -0.15) is 0 Å². The van der Waals surface area contributed by atoms with Gasteiger partial charge in [0.1, 0.15) is 0 Å². The summed E-state index contributed by atoms with van der Waals surface area (Å²) >= 11 is 0. The second kappa shape index (κ2) is 7.26. The van der Waals surface area contributed by atoms with Gasteiger partial charge >= 0.3 is 12.1 Å². The Morgan fingerprint density at radius 1 is 0.909 bits per heavy atom. The lowest BCUT2D eigenvalue weighted by atomic mass is 10.1. The molecule has 0 saturated heterocycles. The number of esters is 1. The maximum absolute atomic E-state index is 12.2. The first-order chi connectivity index (χ1) is 10.7. The predicted molar refractivity (Wildman–Crippen MR) is 83.1 cm³/mol. The number of anilines is 2. The average Bonchev–Trinajstić information content (AvgIpc) is 2.57. The van der Waals surface area contributed by atoms with Crippen LogP contribution in [0.3, 0.4) is 0 Å². The highest BCUT2D eigenvalue weighted by Crippen LogP contribution is 2.29. The fourth-order valence-electron chi connectivity index (χ4n) is 2.12. The number of para-hydroxylation sites is 2. The van der Waals surface area contributed by atoms with Crippen LogP contribution in [0.1, 0.15) is 5.56 Å². The summed E-state index contributed by atoms with van der Waals surface area (Å²) in [6.45, 7) is 0. The molecule has 22 heavy (non-hydrogen) atoms. The molecule has 1 amide bonds. The standard InChI is InChI=1S/C17H17NO4/c1-21-16(19)12-13-8-6-7-11-15(13)18(17(20)22-2)14-9-4-3-5-10-14/h3-11H,12H2,1-2H3. The van der Waals surface area contributed by atoms with Gasteiger partial charge in [0, 0.05) is 0 Å². The average molecular weight is 299 g/mol. The molecule has 0 heterocycles. The summed E-state index contributed by atoms with van der Waals surface area (Å²) < 4.78 is 9.59. The fraction of sp³-hybridized carbons (Fsp3) is 0.176. The molecule has 0 atom stereocenters. The van der Waals surface area contributed by atoms with Gasteiger partial charge in [0.05, 0.1) is 32.0 Å². The van der Waals surface area contributed by atoms with E-state index in [-0.39, 0.29) is 12.4 Å². The van der Waals surface area contributed by atoms with Crippen molar-refractivity contribution in [3.63, 3.8) is 0 Å². The lowest BCUT2D eigenvalue weighted by molar-refractivity contribution is -0.139. The first-order valence-electron chi connectivity index (χ1n) is 6.75. The van der Waals surface area contributed by atoms with Gasteiger partial charge in [0.2, 0.25) is 0 Å². The molecule has 2 rings (SSSR count). The number of ether oxygens (including phenoxy) is 2. The van der Waals surface area contributed by atoms with E-state index in [0.29, 0.717) is 16.9 Å². The van der Waals surface area contributed by atoms with Crippen molar-refractivity contribution in [2.45, 2.75) is 6.42 Å². The zero-order valence-electron chi connectivity index (χ0n) is 12.5. The number of carbonyl (C=O) groups is 2. The van der Waals surface area contributed by atoms with Crippen molar-refractivity contribution in [1.29, 1.82) is 0 Å². The Kier molecular flexibility index (Phi) is 5.14. The molecule has 0 fully saturated rings. The van der Waals surface area contributed by atoms with Crippen LogP contribution in [0.25, 0.3) is 0 Å². The summed E-state index contributed by atoms with van der Waals surface area (Å²) in [7, 11) is 2.65. The molecule has 0 aliphatic rings. The summed E-state index contributed by atoms with van der Waals surface area (Å²) in [6, 6.07) is 16.3. The summed E-state index contributed by atoms with van der Waals surface area (Å²) in [6.07, 6.45) is -0.448. The minimum Gasteiger partial charge on any atom is -0.469 e. The first-order valence-corrected chi connectivity index (χ1v) is 6.75. The molecule has 0 aliphatic carbocycles. The van der Waals surface area contributed by atoms with E-state index in [1.165, 1.54) is 19.1 Å². The summed E-state index contributed by atoms with van der Waals surface area (Å²) in [5.74, 6) is -0.370.